The molecule has 5 aliphatic rings. The van der Waals surface area contributed by atoms with Crippen LogP contribution < -0.4 is 4.90 Å². The van der Waals surface area contributed by atoms with Crippen molar-refractivity contribution in [1.29, 1.82) is 0 Å². The molecule has 0 fully saturated rings. The minimum Gasteiger partial charge on any atom is -0.317 e. The van der Waals surface area contributed by atoms with Crippen molar-refractivity contribution < 1.29 is 0 Å². The Bertz CT molecular complexity index is 2770. The number of rotatable bonds is 6. The van der Waals surface area contributed by atoms with Crippen LogP contribution in [0.5, 0.6) is 0 Å². The van der Waals surface area contributed by atoms with E-state index in [1.807, 2.05) is 0 Å². The number of anilines is 1. The molecule has 0 amide bonds. The predicted molar refractivity (Wildman–Crippen MR) is 240 cm³/mol. The summed E-state index contributed by atoms with van der Waals surface area (Å²) in [5, 5.41) is 2.68. The molecule has 4 atom stereocenters. The lowest BCUT2D eigenvalue weighted by molar-refractivity contribution is 0.430. The van der Waals surface area contributed by atoms with Crippen LogP contribution in [0.1, 0.15) is 79.5 Å². The maximum Gasteiger partial charge on any atom is 0.0541 e. The molecule has 2 heterocycles. The van der Waals surface area contributed by atoms with Crippen LogP contribution in [0.15, 0.2) is 199 Å². The molecule has 0 radical (unpaired) electrons. The number of fused-ring (bicyclic) bond motifs is 6. The Morgan fingerprint density at radius 1 is 0.649 bits per heavy atom. The Hall–Kier alpha value is -6.12. The van der Waals surface area contributed by atoms with Crippen molar-refractivity contribution in [2.24, 2.45) is 5.92 Å². The van der Waals surface area contributed by atoms with E-state index in [0.717, 1.165) is 38.5 Å². The Kier molecular flexibility index (Phi) is 8.28. The van der Waals surface area contributed by atoms with Gasteiger partial charge in [0, 0.05) is 50.8 Å². The molecule has 4 aliphatic carbocycles. The van der Waals surface area contributed by atoms with Gasteiger partial charge in [-0.15, -0.1) is 0 Å². The average Bonchev–Trinajstić information content (AvgIpc) is 3.75. The van der Waals surface area contributed by atoms with Crippen molar-refractivity contribution in [1.82, 2.24) is 4.57 Å². The standard InChI is InChI=1S/C55H48N2/c1-55-37-43(42-27-31-52-49(36-42)48-21-11-13-23-51(48)56(52)46-29-25-41(26-30-46)38-15-5-2-6-16-38)28-32-54(55)57(53-24-14-12-22-50(53)55)47-34-44(39-17-7-3-8-18-39)33-45(35-47)40-19-9-4-10-20-40/h3-5,7-25,27,29-34,36,41,43,45H,2,6,26,28,35,37H2,1H3. The molecule has 2 heteroatoms. The van der Waals surface area contributed by atoms with E-state index in [1.54, 1.807) is 0 Å². The first-order valence-corrected chi connectivity index (χ1v) is 21.0. The lowest BCUT2D eigenvalue weighted by Gasteiger charge is -2.39. The summed E-state index contributed by atoms with van der Waals surface area (Å²) in [5.41, 5.74) is 16.2. The molecule has 0 saturated carbocycles. The molecular formula is C55H48N2. The highest BCUT2D eigenvalue weighted by Gasteiger charge is 2.48. The number of benzene rings is 5. The van der Waals surface area contributed by atoms with Gasteiger partial charge in [0.05, 0.1) is 11.0 Å². The topological polar surface area (TPSA) is 8.17 Å². The van der Waals surface area contributed by atoms with Gasteiger partial charge in [-0.2, -0.15) is 0 Å². The highest BCUT2D eigenvalue weighted by atomic mass is 15.2. The third-order valence-electron chi connectivity index (χ3n) is 13.5. The van der Waals surface area contributed by atoms with E-state index in [1.165, 1.54) is 78.0 Å². The second-order valence-corrected chi connectivity index (χ2v) is 16.9. The maximum absolute atomic E-state index is 2.64. The van der Waals surface area contributed by atoms with Gasteiger partial charge in [-0.3, -0.25) is 0 Å². The lowest BCUT2D eigenvalue weighted by Crippen LogP contribution is -2.33. The highest BCUT2D eigenvalue weighted by Crippen LogP contribution is 2.58. The second-order valence-electron chi connectivity index (χ2n) is 16.9. The van der Waals surface area contributed by atoms with Gasteiger partial charge >= 0.3 is 0 Å². The fraction of sp³-hybridized carbons (Fsp3) is 0.200. The second kappa shape index (κ2) is 13.8. The Balaban J connectivity index is 0.955. The van der Waals surface area contributed by atoms with Gasteiger partial charge in [-0.25, -0.2) is 0 Å². The van der Waals surface area contributed by atoms with Crippen LogP contribution in [0.25, 0.3) is 33.1 Å². The highest BCUT2D eigenvalue weighted by molar-refractivity contribution is 6.10. The molecule has 278 valence electrons. The molecule has 0 N–H and O–H groups in total. The zero-order valence-corrected chi connectivity index (χ0v) is 32.7. The molecule has 0 bridgehead atoms. The number of hydrogen-bond acceptors (Lipinski definition) is 1. The van der Waals surface area contributed by atoms with Crippen LogP contribution in [0, 0.1) is 5.92 Å². The van der Waals surface area contributed by atoms with E-state index < -0.39 is 0 Å². The van der Waals surface area contributed by atoms with Crippen molar-refractivity contribution in [2.45, 2.75) is 62.7 Å². The lowest BCUT2D eigenvalue weighted by atomic mass is 9.68. The first kappa shape index (κ1) is 34.2. The Labute approximate surface area is 336 Å². The summed E-state index contributed by atoms with van der Waals surface area (Å²) < 4.78 is 2.50. The summed E-state index contributed by atoms with van der Waals surface area (Å²) in [6, 6.07) is 47.6. The van der Waals surface area contributed by atoms with Crippen LogP contribution in [0.4, 0.5) is 5.69 Å². The summed E-state index contributed by atoms with van der Waals surface area (Å²) in [4.78, 5) is 2.64. The van der Waals surface area contributed by atoms with Crippen molar-refractivity contribution in [3.63, 3.8) is 0 Å². The summed E-state index contributed by atoms with van der Waals surface area (Å²) in [5.74, 6) is 1.19. The van der Waals surface area contributed by atoms with Crippen LogP contribution in [0.3, 0.4) is 0 Å². The molecule has 1 aliphatic heterocycles. The van der Waals surface area contributed by atoms with Gasteiger partial charge in [0.25, 0.3) is 0 Å². The number of allylic oxidation sites excluding steroid dienone is 14. The molecule has 2 nitrogen and oxygen atoms in total. The van der Waals surface area contributed by atoms with E-state index in [4.69, 9.17) is 0 Å². The molecule has 11 rings (SSSR count). The number of para-hydroxylation sites is 2. The van der Waals surface area contributed by atoms with Crippen molar-refractivity contribution in [3.8, 4) is 0 Å². The summed E-state index contributed by atoms with van der Waals surface area (Å²) in [6.07, 6.45) is 28.3. The number of nitrogens with zero attached hydrogens (tertiary/aromatic N) is 2. The molecular weight excluding hydrogens is 689 g/mol. The molecule has 0 saturated heterocycles. The number of aromatic nitrogens is 1. The van der Waals surface area contributed by atoms with E-state index in [-0.39, 0.29) is 5.41 Å². The van der Waals surface area contributed by atoms with E-state index in [2.05, 4.69) is 198 Å². The van der Waals surface area contributed by atoms with Crippen molar-refractivity contribution >= 4 is 38.8 Å². The SMILES string of the molecule is CC12CC(c3ccc4c(c3)c3ccccc3n4C3=CCC(C4=CCCC=C4)C=C3)CC=C1N(C1=CC(c3ccccc3)=CC(c3ccccc3)C1)c1ccccc12. The monoisotopic (exact) mass is 736 g/mol. The van der Waals surface area contributed by atoms with Crippen LogP contribution in [0.2, 0.25) is 0 Å². The van der Waals surface area contributed by atoms with Gasteiger partial charge in [-0.05, 0) is 121 Å². The van der Waals surface area contributed by atoms with Crippen LogP contribution >= 0.6 is 0 Å². The minimum absolute atomic E-state index is 0.100. The van der Waals surface area contributed by atoms with Crippen LogP contribution in [-0.4, -0.2) is 4.57 Å². The number of hydrogen-bond donors (Lipinski definition) is 0. The summed E-state index contributed by atoms with van der Waals surface area (Å²) >= 11 is 0. The van der Waals surface area contributed by atoms with Gasteiger partial charge in [-0.1, -0.05) is 146 Å². The minimum atomic E-state index is -0.100. The third-order valence-corrected chi connectivity index (χ3v) is 13.5. The Morgan fingerprint density at radius 3 is 2.26 bits per heavy atom. The normalized spacial score (nSPS) is 24.1. The van der Waals surface area contributed by atoms with E-state index in [9.17, 15) is 0 Å². The smallest absolute Gasteiger partial charge is 0.0541 e. The van der Waals surface area contributed by atoms with E-state index in [0.29, 0.717) is 17.8 Å². The molecule has 6 aromatic rings. The van der Waals surface area contributed by atoms with E-state index >= 15 is 0 Å². The average molecular weight is 737 g/mol. The maximum atomic E-state index is 2.64. The molecule has 1 aromatic heterocycles. The zero-order chi connectivity index (χ0) is 37.9. The first-order chi connectivity index (χ1) is 28.1. The fourth-order valence-electron chi connectivity index (χ4n) is 10.7. The largest absolute Gasteiger partial charge is 0.317 e. The zero-order valence-electron chi connectivity index (χ0n) is 32.7. The molecule has 4 unspecified atom stereocenters. The first-order valence-electron chi connectivity index (χ1n) is 21.0. The fourth-order valence-corrected chi connectivity index (χ4v) is 10.7. The molecule has 0 spiro atoms. The van der Waals surface area contributed by atoms with Gasteiger partial charge in [0.2, 0.25) is 0 Å². The summed E-state index contributed by atoms with van der Waals surface area (Å²) in [6.45, 7) is 2.51. The summed E-state index contributed by atoms with van der Waals surface area (Å²) in [7, 11) is 0. The molecule has 57 heavy (non-hydrogen) atoms. The van der Waals surface area contributed by atoms with Crippen LogP contribution in [-0.2, 0) is 5.41 Å². The predicted octanol–water partition coefficient (Wildman–Crippen LogP) is 14.2. The molecule has 5 aromatic carbocycles. The van der Waals surface area contributed by atoms with Crippen molar-refractivity contribution in [3.05, 3.63) is 221 Å². The quantitative estimate of drug-likeness (QED) is 0.165. The van der Waals surface area contributed by atoms with Gasteiger partial charge in [0.15, 0.2) is 0 Å². The third kappa shape index (κ3) is 5.76. The Morgan fingerprint density at radius 2 is 1.44 bits per heavy atom. The van der Waals surface area contributed by atoms with Gasteiger partial charge in [0.1, 0.15) is 0 Å². The van der Waals surface area contributed by atoms with Gasteiger partial charge < -0.3 is 9.47 Å². The van der Waals surface area contributed by atoms with Crippen molar-refractivity contribution in [2.75, 3.05) is 4.90 Å².